The Bertz CT molecular complexity index is 512. The number of benzene rings is 1. The zero-order valence-corrected chi connectivity index (χ0v) is 12.8. The van der Waals surface area contributed by atoms with Crippen LogP contribution in [0, 0.1) is 10.1 Å². The molecule has 1 aliphatic rings. The fourth-order valence-corrected chi connectivity index (χ4v) is 2.48. The van der Waals surface area contributed by atoms with Crippen LogP contribution < -0.4 is 10.1 Å². The first-order chi connectivity index (χ1) is 10.1. The fourth-order valence-electron chi connectivity index (χ4n) is 2.32. The lowest BCUT2D eigenvalue weighted by atomic mass is 9.85. The van der Waals surface area contributed by atoms with Crippen LogP contribution in [0.2, 0.25) is 5.02 Å². The molecule has 0 aliphatic heterocycles. The van der Waals surface area contributed by atoms with E-state index >= 15 is 0 Å². The lowest BCUT2D eigenvalue weighted by Crippen LogP contribution is -2.60. The fraction of sp³-hybridized carbons (Fsp3) is 0.571. The lowest BCUT2D eigenvalue weighted by molar-refractivity contribution is -0.385. The molecule has 1 fully saturated rings. The molecule has 0 aromatic heterocycles. The van der Waals surface area contributed by atoms with Crippen LogP contribution in [-0.2, 0) is 4.74 Å². The van der Waals surface area contributed by atoms with Crippen molar-refractivity contribution in [3.63, 3.8) is 0 Å². The number of nitrogens with zero attached hydrogens (tertiary/aromatic N) is 1. The van der Waals surface area contributed by atoms with E-state index < -0.39 is 4.92 Å². The zero-order chi connectivity index (χ0) is 15.4. The highest BCUT2D eigenvalue weighted by Gasteiger charge is 2.43. The van der Waals surface area contributed by atoms with E-state index in [0.29, 0.717) is 17.4 Å². The Kier molecular flexibility index (Phi) is 5.39. The van der Waals surface area contributed by atoms with Gasteiger partial charge in [0.15, 0.2) is 0 Å². The van der Waals surface area contributed by atoms with Crippen molar-refractivity contribution in [2.45, 2.75) is 38.0 Å². The van der Waals surface area contributed by atoms with Gasteiger partial charge in [-0.1, -0.05) is 18.5 Å². The smallest absolute Gasteiger partial charge is 0.273 e. The maximum Gasteiger partial charge on any atom is 0.273 e. The molecule has 3 unspecified atom stereocenters. The molecule has 3 atom stereocenters. The van der Waals surface area contributed by atoms with Gasteiger partial charge in [0.1, 0.15) is 18.0 Å². The first-order valence-electron chi connectivity index (χ1n) is 6.96. The summed E-state index contributed by atoms with van der Waals surface area (Å²) in [7, 11) is 1.88. The average molecular weight is 315 g/mol. The summed E-state index contributed by atoms with van der Waals surface area (Å²) in [4.78, 5) is 10.3. The van der Waals surface area contributed by atoms with Gasteiger partial charge in [-0.3, -0.25) is 10.1 Å². The standard InChI is InChI=1S/C14H19ClN2O4/c1-3-6-20-14-11(16-2)8-13(14)21-12-7-9(17(18)19)4-5-10(12)15/h4-5,7,11,13-14,16H,3,6,8H2,1-2H3. The Balaban J connectivity index is 2.07. The number of ether oxygens (including phenoxy) is 2. The van der Waals surface area contributed by atoms with Crippen molar-refractivity contribution in [3.05, 3.63) is 33.3 Å². The highest BCUT2D eigenvalue weighted by Crippen LogP contribution is 2.34. The molecule has 21 heavy (non-hydrogen) atoms. The van der Waals surface area contributed by atoms with Gasteiger partial charge >= 0.3 is 0 Å². The van der Waals surface area contributed by atoms with Crippen molar-refractivity contribution in [3.8, 4) is 5.75 Å². The molecule has 0 amide bonds. The SMILES string of the molecule is CCCOC1C(NC)CC1Oc1cc([N+](=O)[O-])ccc1Cl. The molecule has 7 heteroatoms. The molecule has 1 aromatic carbocycles. The van der Waals surface area contributed by atoms with Gasteiger partial charge in [0.05, 0.1) is 16.0 Å². The molecule has 6 nitrogen and oxygen atoms in total. The molecule has 0 saturated heterocycles. The Morgan fingerprint density at radius 1 is 1.52 bits per heavy atom. The molecule has 1 aromatic rings. The molecule has 1 saturated carbocycles. The second-order valence-corrected chi connectivity index (χ2v) is 5.40. The van der Waals surface area contributed by atoms with Crippen molar-refractivity contribution >= 4 is 17.3 Å². The molecule has 0 radical (unpaired) electrons. The highest BCUT2D eigenvalue weighted by molar-refractivity contribution is 6.32. The molecular weight excluding hydrogens is 296 g/mol. The van der Waals surface area contributed by atoms with E-state index in [2.05, 4.69) is 5.32 Å². The van der Waals surface area contributed by atoms with Gasteiger partial charge in [-0.25, -0.2) is 0 Å². The van der Waals surface area contributed by atoms with E-state index in [1.165, 1.54) is 18.2 Å². The van der Waals surface area contributed by atoms with Gasteiger partial charge in [0, 0.05) is 25.1 Å². The Morgan fingerprint density at radius 2 is 2.29 bits per heavy atom. The summed E-state index contributed by atoms with van der Waals surface area (Å²) in [6.07, 6.45) is 1.50. The van der Waals surface area contributed by atoms with Crippen molar-refractivity contribution in [1.29, 1.82) is 0 Å². The van der Waals surface area contributed by atoms with Gasteiger partial charge in [0.2, 0.25) is 0 Å². The molecule has 116 valence electrons. The third-order valence-electron chi connectivity index (χ3n) is 3.54. The van der Waals surface area contributed by atoms with Crippen molar-refractivity contribution in [2.75, 3.05) is 13.7 Å². The lowest BCUT2D eigenvalue weighted by Gasteiger charge is -2.43. The summed E-state index contributed by atoms with van der Waals surface area (Å²) in [5, 5.41) is 14.3. The predicted molar refractivity (Wildman–Crippen MR) is 80.0 cm³/mol. The second kappa shape index (κ2) is 7.06. The monoisotopic (exact) mass is 314 g/mol. The molecule has 2 rings (SSSR count). The van der Waals surface area contributed by atoms with E-state index in [4.69, 9.17) is 21.1 Å². The van der Waals surface area contributed by atoms with Crippen LogP contribution in [0.3, 0.4) is 0 Å². The van der Waals surface area contributed by atoms with Gasteiger partial charge in [-0.05, 0) is 19.5 Å². The minimum Gasteiger partial charge on any atom is -0.486 e. The predicted octanol–water partition coefficient (Wildman–Crippen LogP) is 2.78. The third kappa shape index (κ3) is 3.64. The number of hydrogen-bond acceptors (Lipinski definition) is 5. The van der Waals surface area contributed by atoms with Crippen LogP contribution in [0.25, 0.3) is 0 Å². The number of nitro benzene ring substituents is 1. The number of rotatable bonds is 7. The van der Waals surface area contributed by atoms with Crippen LogP contribution in [0.1, 0.15) is 19.8 Å². The van der Waals surface area contributed by atoms with Crippen molar-refractivity contribution in [1.82, 2.24) is 5.32 Å². The normalized spacial score (nSPS) is 24.4. The van der Waals surface area contributed by atoms with E-state index in [1.807, 2.05) is 14.0 Å². The topological polar surface area (TPSA) is 73.6 Å². The van der Waals surface area contributed by atoms with Crippen LogP contribution in [0.15, 0.2) is 18.2 Å². The van der Waals surface area contributed by atoms with E-state index in [1.54, 1.807) is 0 Å². The number of likely N-dealkylation sites (N-methyl/N-ethyl adjacent to an activating group) is 1. The number of halogens is 1. The Labute approximate surface area is 128 Å². The van der Waals surface area contributed by atoms with Crippen LogP contribution in [0.5, 0.6) is 5.75 Å². The van der Waals surface area contributed by atoms with Gasteiger partial charge in [-0.2, -0.15) is 0 Å². The summed E-state index contributed by atoms with van der Waals surface area (Å²) >= 11 is 6.04. The van der Waals surface area contributed by atoms with Crippen molar-refractivity contribution in [2.24, 2.45) is 0 Å². The number of non-ortho nitro benzene ring substituents is 1. The highest BCUT2D eigenvalue weighted by atomic mass is 35.5. The molecule has 0 heterocycles. The van der Waals surface area contributed by atoms with Gasteiger partial charge in [0.25, 0.3) is 5.69 Å². The summed E-state index contributed by atoms with van der Waals surface area (Å²) < 4.78 is 11.6. The number of nitrogens with one attached hydrogen (secondary N) is 1. The van der Waals surface area contributed by atoms with Crippen LogP contribution in [0.4, 0.5) is 5.69 Å². The maximum absolute atomic E-state index is 10.8. The largest absolute Gasteiger partial charge is 0.486 e. The number of hydrogen-bond donors (Lipinski definition) is 1. The average Bonchev–Trinajstić information content (AvgIpc) is 2.44. The first kappa shape index (κ1) is 16.0. The molecule has 1 aliphatic carbocycles. The van der Waals surface area contributed by atoms with E-state index in [9.17, 15) is 10.1 Å². The summed E-state index contributed by atoms with van der Waals surface area (Å²) in [6, 6.07) is 4.42. The van der Waals surface area contributed by atoms with Crippen LogP contribution in [-0.4, -0.2) is 36.8 Å². The van der Waals surface area contributed by atoms with Gasteiger partial charge in [-0.15, -0.1) is 0 Å². The Hall–Kier alpha value is -1.37. The summed E-state index contributed by atoms with van der Waals surface area (Å²) in [6.45, 7) is 2.70. The minimum absolute atomic E-state index is 0.0371. The molecule has 0 spiro atoms. The quantitative estimate of drug-likeness (QED) is 0.619. The molecule has 0 bridgehead atoms. The Morgan fingerprint density at radius 3 is 2.90 bits per heavy atom. The van der Waals surface area contributed by atoms with E-state index in [-0.39, 0.29) is 23.9 Å². The molecular formula is C14H19ClN2O4. The van der Waals surface area contributed by atoms with E-state index in [0.717, 1.165) is 12.8 Å². The second-order valence-electron chi connectivity index (χ2n) is 4.99. The number of nitro groups is 1. The summed E-state index contributed by atoms with van der Waals surface area (Å²) in [5.74, 6) is 0.329. The van der Waals surface area contributed by atoms with Crippen LogP contribution >= 0.6 is 11.6 Å². The van der Waals surface area contributed by atoms with Gasteiger partial charge < -0.3 is 14.8 Å². The maximum atomic E-state index is 10.8. The molecule has 1 N–H and O–H groups in total. The summed E-state index contributed by atoms with van der Waals surface area (Å²) in [5.41, 5.74) is -0.0371. The minimum atomic E-state index is -0.467. The zero-order valence-electron chi connectivity index (χ0n) is 12.0. The third-order valence-corrected chi connectivity index (χ3v) is 3.85. The van der Waals surface area contributed by atoms with Crippen molar-refractivity contribution < 1.29 is 14.4 Å². The first-order valence-corrected chi connectivity index (χ1v) is 7.34.